The topological polar surface area (TPSA) is 29.3 Å². The van der Waals surface area contributed by atoms with Gasteiger partial charge in [0, 0.05) is 13.1 Å². The first-order chi connectivity index (χ1) is 8.22. The molecule has 0 aliphatic carbocycles. The average molecular weight is 234 g/mol. The van der Waals surface area contributed by atoms with Gasteiger partial charge in [0.15, 0.2) is 0 Å². The van der Waals surface area contributed by atoms with Gasteiger partial charge >= 0.3 is 0 Å². The molecule has 2 nitrogen and oxygen atoms in total. The van der Waals surface area contributed by atoms with Crippen LogP contribution in [0.3, 0.4) is 0 Å². The molecule has 0 spiro atoms. The maximum Gasteiger partial charge on any atom is 0.00219 e. The monoisotopic (exact) mass is 234 g/mol. The highest BCUT2D eigenvalue weighted by Crippen LogP contribution is 2.04. The van der Waals surface area contributed by atoms with Gasteiger partial charge in [-0.25, -0.2) is 0 Å². The van der Waals surface area contributed by atoms with Crippen LogP contribution < -0.4 is 5.73 Å². The van der Waals surface area contributed by atoms with E-state index in [1.165, 1.54) is 12.1 Å². The van der Waals surface area contributed by atoms with Crippen molar-refractivity contribution in [3.63, 3.8) is 0 Å². The highest BCUT2D eigenvalue weighted by atomic mass is 15.1. The van der Waals surface area contributed by atoms with Gasteiger partial charge in [0.05, 0.1) is 0 Å². The lowest BCUT2D eigenvalue weighted by Crippen LogP contribution is -2.32. The minimum atomic E-state index is 0.726. The Balaban J connectivity index is 2.37. The van der Waals surface area contributed by atoms with Crippen LogP contribution in [-0.2, 0) is 6.42 Å². The molecule has 0 aromatic heterocycles. The average Bonchev–Trinajstić information content (AvgIpc) is 2.33. The van der Waals surface area contributed by atoms with Crippen molar-refractivity contribution < 1.29 is 0 Å². The number of hydrogen-bond donors (Lipinski definition) is 1. The Kier molecular flexibility index (Phi) is 6.90. The summed E-state index contributed by atoms with van der Waals surface area (Å²) in [7, 11) is 0. The molecule has 0 atom stereocenters. The first-order valence-corrected chi connectivity index (χ1v) is 6.68. The number of rotatable bonds is 8. The Bertz CT molecular complexity index is 282. The summed E-state index contributed by atoms with van der Waals surface area (Å²) in [5.74, 6) is 0.726. The van der Waals surface area contributed by atoms with Gasteiger partial charge in [0.1, 0.15) is 0 Å². The fourth-order valence-corrected chi connectivity index (χ4v) is 2.06. The minimum Gasteiger partial charge on any atom is -0.330 e. The Hall–Kier alpha value is -0.860. The zero-order chi connectivity index (χ0) is 12.5. The standard InChI is InChI=1S/C15H26N2/c1-14(2)13-17(11-6-10-16)12-9-15-7-4-3-5-8-15/h3-5,7-8,14H,6,9-13,16H2,1-2H3. The van der Waals surface area contributed by atoms with E-state index in [0.29, 0.717) is 0 Å². The fraction of sp³-hybridized carbons (Fsp3) is 0.600. The Morgan fingerprint density at radius 2 is 1.82 bits per heavy atom. The van der Waals surface area contributed by atoms with E-state index in [9.17, 15) is 0 Å². The highest BCUT2D eigenvalue weighted by molar-refractivity contribution is 5.14. The predicted molar refractivity (Wildman–Crippen MR) is 75.1 cm³/mol. The normalized spacial score (nSPS) is 11.4. The van der Waals surface area contributed by atoms with E-state index in [1.54, 1.807) is 0 Å². The molecule has 0 aliphatic rings. The summed E-state index contributed by atoms with van der Waals surface area (Å²) in [5, 5.41) is 0. The molecule has 0 saturated heterocycles. The van der Waals surface area contributed by atoms with Crippen molar-refractivity contribution in [3.05, 3.63) is 35.9 Å². The van der Waals surface area contributed by atoms with Crippen LogP contribution in [-0.4, -0.2) is 31.1 Å². The molecule has 0 bridgehead atoms. The van der Waals surface area contributed by atoms with Crippen LogP contribution >= 0.6 is 0 Å². The molecule has 0 radical (unpaired) electrons. The van der Waals surface area contributed by atoms with Crippen molar-refractivity contribution >= 4 is 0 Å². The second-order valence-corrected chi connectivity index (χ2v) is 5.07. The number of benzene rings is 1. The van der Waals surface area contributed by atoms with Crippen molar-refractivity contribution in [3.8, 4) is 0 Å². The molecule has 0 fully saturated rings. The maximum atomic E-state index is 5.59. The largest absolute Gasteiger partial charge is 0.330 e. The van der Waals surface area contributed by atoms with Crippen LogP contribution in [0, 0.1) is 5.92 Å². The fourth-order valence-electron chi connectivity index (χ4n) is 2.06. The molecule has 0 saturated carbocycles. The molecular weight excluding hydrogens is 208 g/mol. The number of hydrogen-bond acceptors (Lipinski definition) is 2. The van der Waals surface area contributed by atoms with Gasteiger partial charge in [-0.1, -0.05) is 44.2 Å². The lowest BCUT2D eigenvalue weighted by Gasteiger charge is -2.24. The second-order valence-electron chi connectivity index (χ2n) is 5.07. The third-order valence-corrected chi connectivity index (χ3v) is 2.86. The van der Waals surface area contributed by atoms with Gasteiger partial charge in [-0.2, -0.15) is 0 Å². The minimum absolute atomic E-state index is 0.726. The van der Waals surface area contributed by atoms with Crippen LogP contribution in [0.25, 0.3) is 0 Å². The van der Waals surface area contributed by atoms with Gasteiger partial charge in [-0.15, -0.1) is 0 Å². The summed E-state index contributed by atoms with van der Waals surface area (Å²) in [6, 6.07) is 10.7. The molecule has 2 N–H and O–H groups in total. The van der Waals surface area contributed by atoms with Crippen molar-refractivity contribution in [2.24, 2.45) is 11.7 Å². The zero-order valence-corrected chi connectivity index (χ0v) is 11.2. The van der Waals surface area contributed by atoms with E-state index >= 15 is 0 Å². The molecular formula is C15H26N2. The van der Waals surface area contributed by atoms with Crippen molar-refractivity contribution in [1.82, 2.24) is 4.90 Å². The van der Waals surface area contributed by atoms with Gasteiger partial charge < -0.3 is 10.6 Å². The smallest absolute Gasteiger partial charge is 0.00219 e. The second kappa shape index (κ2) is 8.26. The molecule has 2 heteroatoms. The number of nitrogens with two attached hydrogens (primary N) is 1. The Labute approximate surface area is 106 Å². The van der Waals surface area contributed by atoms with Crippen molar-refractivity contribution in [2.75, 3.05) is 26.2 Å². The zero-order valence-electron chi connectivity index (χ0n) is 11.2. The van der Waals surface area contributed by atoms with Crippen LogP contribution in [0.15, 0.2) is 30.3 Å². The Morgan fingerprint density at radius 3 is 2.41 bits per heavy atom. The van der Waals surface area contributed by atoms with Gasteiger partial charge in [-0.05, 0) is 37.4 Å². The Morgan fingerprint density at radius 1 is 1.12 bits per heavy atom. The lowest BCUT2D eigenvalue weighted by molar-refractivity contribution is 0.245. The van der Waals surface area contributed by atoms with Gasteiger partial charge in [0.25, 0.3) is 0 Å². The van der Waals surface area contributed by atoms with E-state index in [2.05, 4.69) is 49.1 Å². The van der Waals surface area contributed by atoms with Crippen LogP contribution in [0.5, 0.6) is 0 Å². The molecule has 0 unspecified atom stereocenters. The SMILES string of the molecule is CC(C)CN(CCCN)CCc1ccccc1. The van der Waals surface area contributed by atoms with E-state index in [1.807, 2.05) is 0 Å². The van der Waals surface area contributed by atoms with E-state index in [0.717, 1.165) is 38.4 Å². The molecule has 0 aliphatic heterocycles. The molecule has 0 amide bonds. The van der Waals surface area contributed by atoms with Crippen LogP contribution in [0.4, 0.5) is 0 Å². The summed E-state index contributed by atoms with van der Waals surface area (Å²) in [6.07, 6.45) is 2.24. The molecule has 96 valence electrons. The number of nitrogens with zero attached hydrogens (tertiary/aromatic N) is 1. The summed E-state index contributed by atoms with van der Waals surface area (Å²) in [4.78, 5) is 2.53. The molecule has 1 aromatic carbocycles. The van der Waals surface area contributed by atoms with E-state index in [-0.39, 0.29) is 0 Å². The summed E-state index contributed by atoms with van der Waals surface area (Å²) in [6.45, 7) is 8.78. The predicted octanol–water partition coefficient (Wildman–Crippen LogP) is 2.54. The quantitative estimate of drug-likeness (QED) is 0.749. The maximum absolute atomic E-state index is 5.59. The third-order valence-electron chi connectivity index (χ3n) is 2.86. The molecule has 17 heavy (non-hydrogen) atoms. The summed E-state index contributed by atoms with van der Waals surface area (Å²) >= 11 is 0. The van der Waals surface area contributed by atoms with Crippen LogP contribution in [0.1, 0.15) is 25.8 Å². The van der Waals surface area contributed by atoms with Crippen molar-refractivity contribution in [2.45, 2.75) is 26.7 Å². The third kappa shape index (κ3) is 6.44. The molecule has 0 heterocycles. The summed E-state index contributed by atoms with van der Waals surface area (Å²) in [5.41, 5.74) is 7.01. The lowest BCUT2D eigenvalue weighted by atomic mass is 10.1. The first kappa shape index (κ1) is 14.2. The van der Waals surface area contributed by atoms with Gasteiger partial charge in [-0.3, -0.25) is 0 Å². The van der Waals surface area contributed by atoms with Crippen LogP contribution in [0.2, 0.25) is 0 Å². The highest BCUT2D eigenvalue weighted by Gasteiger charge is 2.06. The first-order valence-electron chi connectivity index (χ1n) is 6.68. The summed E-state index contributed by atoms with van der Waals surface area (Å²) < 4.78 is 0. The van der Waals surface area contributed by atoms with Crippen molar-refractivity contribution in [1.29, 1.82) is 0 Å². The van der Waals surface area contributed by atoms with Gasteiger partial charge in [0.2, 0.25) is 0 Å². The molecule has 1 aromatic rings. The molecule has 1 rings (SSSR count). The van der Waals surface area contributed by atoms with E-state index in [4.69, 9.17) is 5.73 Å². The van der Waals surface area contributed by atoms with E-state index < -0.39 is 0 Å².